The van der Waals surface area contributed by atoms with Crippen molar-refractivity contribution < 1.29 is 9.59 Å². The van der Waals surface area contributed by atoms with Crippen LogP contribution in [0.4, 0.5) is 0 Å². The highest BCUT2D eigenvalue weighted by Crippen LogP contribution is 1.69. The minimum atomic E-state index is -0.0902. The van der Waals surface area contributed by atoms with Crippen molar-refractivity contribution in [3.63, 3.8) is 0 Å². The number of carbonyl (C=O) groups excluding carboxylic acids is 2. The first-order valence-corrected chi connectivity index (χ1v) is 5.94. The molecule has 0 aromatic heterocycles. The van der Waals surface area contributed by atoms with Gasteiger partial charge in [-0.15, -0.1) is 0 Å². The van der Waals surface area contributed by atoms with Crippen LogP contribution in [-0.2, 0) is 9.59 Å². The van der Waals surface area contributed by atoms with Crippen molar-refractivity contribution in [2.75, 3.05) is 52.4 Å². The molecule has 5 N–H and O–H groups in total. The molecule has 1 aliphatic heterocycles. The van der Waals surface area contributed by atoms with Gasteiger partial charge in [0, 0.05) is 39.3 Å². The van der Waals surface area contributed by atoms with Gasteiger partial charge >= 0.3 is 0 Å². The average Bonchev–Trinajstić information content (AvgIpc) is 2.31. The first kappa shape index (κ1) is 13.9. The summed E-state index contributed by atoms with van der Waals surface area (Å²) in [6, 6.07) is 0. The van der Waals surface area contributed by atoms with E-state index in [1.807, 2.05) is 0 Å². The molecule has 0 spiro atoms. The third kappa shape index (κ3) is 7.67. The van der Waals surface area contributed by atoms with Crippen molar-refractivity contribution in [2.24, 2.45) is 0 Å². The number of nitrogens with one attached hydrogen (secondary N) is 5. The summed E-state index contributed by atoms with van der Waals surface area (Å²) in [5.41, 5.74) is 0. The fraction of sp³-hybridized carbons (Fsp3) is 0.800. The van der Waals surface area contributed by atoms with Crippen molar-refractivity contribution in [1.29, 1.82) is 0 Å². The Morgan fingerprint density at radius 3 is 1.47 bits per heavy atom. The van der Waals surface area contributed by atoms with Crippen LogP contribution in [-0.4, -0.2) is 64.2 Å². The van der Waals surface area contributed by atoms with Crippen LogP contribution in [0.5, 0.6) is 0 Å². The zero-order valence-electron chi connectivity index (χ0n) is 9.97. The van der Waals surface area contributed by atoms with E-state index in [-0.39, 0.29) is 24.9 Å². The number of carbonyl (C=O) groups is 2. The molecule has 0 aromatic carbocycles. The van der Waals surface area contributed by atoms with Crippen LogP contribution in [0.1, 0.15) is 0 Å². The summed E-state index contributed by atoms with van der Waals surface area (Å²) in [4.78, 5) is 22.6. The molecule has 0 unspecified atom stereocenters. The first-order chi connectivity index (χ1) is 8.29. The second-order valence-electron chi connectivity index (χ2n) is 3.80. The van der Waals surface area contributed by atoms with Gasteiger partial charge in [-0.3, -0.25) is 14.9 Å². The van der Waals surface area contributed by atoms with E-state index >= 15 is 0 Å². The van der Waals surface area contributed by atoms with Gasteiger partial charge in [0.2, 0.25) is 11.8 Å². The van der Waals surface area contributed by atoms with E-state index in [0.29, 0.717) is 13.1 Å². The van der Waals surface area contributed by atoms with E-state index in [2.05, 4.69) is 26.6 Å². The third-order valence-electron chi connectivity index (χ3n) is 2.30. The summed E-state index contributed by atoms with van der Waals surface area (Å²) in [6.45, 7) is 4.76. The maximum absolute atomic E-state index is 11.3. The second kappa shape index (κ2) is 8.91. The highest BCUT2D eigenvalue weighted by Gasteiger charge is 2.03. The molecule has 0 atom stereocenters. The Hall–Kier alpha value is -1.18. The van der Waals surface area contributed by atoms with Gasteiger partial charge < -0.3 is 21.3 Å². The fourth-order valence-corrected chi connectivity index (χ4v) is 1.42. The lowest BCUT2D eigenvalue weighted by Crippen LogP contribution is -2.41. The van der Waals surface area contributed by atoms with Crippen molar-refractivity contribution in [1.82, 2.24) is 26.6 Å². The maximum Gasteiger partial charge on any atom is 0.234 e. The molecule has 1 aliphatic rings. The second-order valence-corrected chi connectivity index (χ2v) is 3.80. The molecule has 98 valence electrons. The van der Waals surface area contributed by atoms with Crippen LogP contribution < -0.4 is 26.6 Å². The quantitative estimate of drug-likeness (QED) is 0.313. The van der Waals surface area contributed by atoms with Gasteiger partial charge in [0.15, 0.2) is 0 Å². The normalized spacial score (nSPS) is 21.9. The predicted octanol–water partition coefficient (Wildman–Crippen LogP) is -3.00. The molecule has 1 saturated heterocycles. The van der Waals surface area contributed by atoms with Gasteiger partial charge in [0.25, 0.3) is 0 Å². The monoisotopic (exact) mass is 243 g/mol. The summed E-state index contributed by atoms with van der Waals surface area (Å²) in [5, 5.41) is 14.7. The van der Waals surface area contributed by atoms with Gasteiger partial charge in [0.1, 0.15) is 0 Å². The van der Waals surface area contributed by atoms with Crippen molar-refractivity contribution in [2.45, 2.75) is 0 Å². The Morgan fingerprint density at radius 1 is 0.588 bits per heavy atom. The molecule has 7 heteroatoms. The topological polar surface area (TPSA) is 94.3 Å². The maximum atomic E-state index is 11.3. The first-order valence-electron chi connectivity index (χ1n) is 5.94. The van der Waals surface area contributed by atoms with Gasteiger partial charge in [0.05, 0.1) is 13.1 Å². The van der Waals surface area contributed by atoms with Crippen LogP contribution in [0.3, 0.4) is 0 Å². The Bertz CT molecular complexity index is 223. The van der Waals surface area contributed by atoms with Crippen LogP contribution in [0.25, 0.3) is 0 Å². The smallest absolute Gasteiger partial charge is 0.234 e. The minimum Gasteiger partial charge on any atom is -0.354 e. The molecule has 0 aromatic rings. The number of amides is 2. The molecule has 1 fully saturated rings. The summed E-state index contributed by atoms with van der Waals surface area (Å²) in [5.74, 6) is -0.180. The van der Waals surface area contributed by atoms with Crippen molar-refractivity contribution in [3.8, 4) is 0 Å². The average molecular weight is 243 g/mol. The highest BCUT2D eigenvalue weighted by atomic mass is 16.2. The minimum absolute atomic E-state index is 0.0902. The Morgan fingerprint density at radius 2 is 1.00 bits per heavy atom. The van der Waals surface area contributed by atoms with E-state index in [1.165, 1.54) is 0 Å². The van der Waals surface area contributed by atoms with Crippen LogP contribution in [0.2, 0.25) is 0 Å². The van der Waals surface area contributed by atoms with Gasteiger partial charge in [-0.05, 0) is 0 Å². The van der Waals surface area contributed by atoms with Crippen molar-refractivity contribution in [3.05, 3.63) is 0 Å². The van der Waals surface area contributed by atoms with E-state index in [0.717, 1.165) is 26.2 Å². The summed E-state index contributed by atoms with van der Waals surface area (Å²) in [6.07, 6.45) is 0. The lowest BCUT2D eigenvalue weighted by Gasteiger charge is -2.07. The molecular weight excluding hydrogens is 222 g/mol. The largest absolute Gasteiger partial charge is 0.354 e. The van der Waals surface area contributed by atoms with Gasteiger partial charge in [-0.2, -0.15) is 0 Å². The molecule has 0 bridgehead atoms. The molecule has 7 nitrogen and oxygen atoms in total. The molecule has 17 heavy (non-hydrogen) atoms. The molecule has 0 aliphatic carbocycles. The lowest BCUT2D eigenvalue weighted by molar-refractivity contribution is -0.121. The Labute approximate surface area is 101 Å². The lowest BCUT2D eigenvalue weighted by atomic mass is 10.5. The number of hydrogen-bond donors (Lipinski definition) is 5. The molecule has 0 radical (unpaired) electrons. The van der Waals surface area contributed by atoms with E-state index in [9.17, 15) is 9.59 Å². The zero-order valence-corrected chi connectivity index (χ0v) is 9.97. The zero-order chi connectivity index (χ0) is 12.3. The predicted molar refractivity (Wildman–Crippen MR) is 64.6 cm³/mol. The molecule has 1 heterocycles. The molecule has 0 saturated carbocycles. The summed E-state index contributed by atoms with van der Waals surface area (Å²) >= 11 is 0. The van der Waals surface area contributed by atoms with Gasteiger partial charge in [-0.25, -0.2) is 0 Å². The van der Waals surface area contributed by atoms with E-state index in [1.54, 1.807) is 0 Å². The van der Waals surface area contributed by atoms with E-state index < -0.39 is 0 Å². The molecule has 1 rings (SSSR count). The third-order valence-corrected chi connectivity index (χ3v) is 2.30. The number of rotatable bonds is 0. The molecular formula is C10H21N5O2. The summed E-state index contributed by atoms with van der Waals surface area (Å²) in [7, 11) is 0. The van der Waals surface area contributed by atoms with Crippen LogP contribution in [0, 0.1) is 0 Å². The van der Waals surface area contributed by atoms with Crippen LogP contribution in [0.15, 0.2) is 0 Å². The highest BCUT2D eigenvalue weighted by molar-refractivity contribution is 5.81. The Kier molecular flexibility index (Phi) is 7.28. The number of hydrogen-bond acceptors (Lipinski definition) is 5. The Balaban J connectivity index is 2.24. The SMILES string of the molecule is O=C1CNCC(=O)NCCNCCNCCN1. The standard InChI is InChI=1S/C10H21N5O2/c16-9-7-13-8-10(17)15-6-4-12-2-1-11-3-5-14-9/h11-13H,1-8H2,(H,14,16)(H,15,17). The van der Waals surface area contributed by atoms with Crippen molar-refractivity contribution >= 4 is 11.8 Å². The van der Waals surface area contributed by atoms with Gasteiger partial charge in [-0.1, -0.05) is 0 Å². The molecule has 2 amide bonds. The summed E-state index contributed by atoms with van der Waals surface area (Å²) < 4.78 is 0. The fourth-order valence-electron chi connectivity index (χ4n) is 1.42. The van der Waals surface area contributed by atoms with Crippen LogP contribution >= 0.6 is 0 Å². The van der Waals surface area contributed by atoms with E-state index in [4.69, 9.17) is 0 Å².